The van der Waals surface area contributed by atoms with Gasteiger partial charge in [0, 0.05) is 12.1 Å². The molecule has 4 amide bonds. The van der Waals surface area contributed by atoms with Gasteiger partial charge in [-0.15, -0.1) is 0 Å². The molecule has 53 heavy (non-hydrogen) atoms. The van der Waals surface area contributed by atoms with Crippen LogP contribution in [0.4, 0.5) is 11.4 Å². The van der Waals surface area contributed by atoms with Crippen molar-refractivity contribution in [3.8, 4) is 23.0 Å². The van der Waals surface area contributed by atoms with E-state index >= 15 is 0 Å². The molecule has 0 unspecified atom stereocenters. The summed E-state index contributed by atoms with van der Waals surface area (Å²) in [4.78, 5) is 55.8. The summed E-state index contributed by atoms with van der Waals surface area (Å²) in [6.07, 6.45) is 9.96. The highest BCUT2D eigenvalue weighted by atomic mass is 32.2. The molecular formula is C42H32N2O8S. The van der Waals surface area contributed by atoms with Crippen LogP contribution < -0.4 is 19.3 Å². The Labute approximate surface area is 305 Å². The van der Waals surface area contributed by atoms with Crippen LogP contribution in [-0.4, -0.2) is 32.0 Å². The molecule has 10 nitrogen and oxygen atoms in total. The van der Waals surface area contributed by atoms with Crippen LogP contribution in [0.1, 0.15) is 12.8 Å². The van der Waals surface area contributed by atoms with Crippen molar-refractivity contribution in [1.29, 1.82) is 0 Å². The zero-order valence-corrected chi connectivity index (χ0v) is 29.0. The quantitative estimate of drug-likeness (QED) is 0.145. The van der Waals surface area contributed by atoms with Gasteiger partial charge >= 0.3 is 0 Å². The highest BCUT2D eigenvalue weighted by Gasteiger charge is 2.60. The van der Waals surface area contributed by atoms with Crippen LogP contribution >= 0.6 is 0 Å². The maximum Gasteiger partial charge on any atom is 0.238 e. The summed E-state index contributed by atoms with van der Waals surface area (Å²) in [6, 6.07) is 25.6. The van der Waals surface area contributed by atoms with Gasteiger partial charge in [0.1, 0.15) is 23.0 Å². The van der Waals surface area contributed by atoms with Crippen molar-refractivity contribution in [2.45, 2.75) is 22.6 Å². The van der Waals surface area contributed by atoms with Crippen molar-refractivity contribution in [1.82, 2.24) is 0 Å². The minimum atomic E-state index is -3.89. The van der Waals surface area contributed by atoms with Gasteiger partial charge < -0.3 is 9.47 Å². The Morgan fingerprint density at radius 1 is 0.453 bits per heavy atom. The first-order valence-corrected chi connectivity index (χ1v) is 19.3. The predicted octanol–water partition coefficient (Wildman–Crippen LogP) is 6.73. The number of ether oxygens (including phenoxy) is 2. The van der Waals surface area contributed by atoms with Gasteiger partial charge in [-0.05, 0) is 109 Å². The number of benzene rings is 4. The number of anilines is 2. The van der Waals surface area contributed by atoms with E-state index in [1.54, 1.807) is 72.8 Å². The number of hydrogen-bond acceptors (Lipinski definition) is 8. The van der Waals surface area contributed by atoms with Crippen molar-refractivity contribution in [3.05, 3.63) is 121 Å². The first-order chi connectivity index (χ1) is 25.7. The first kappa shape index (κ1) is 31.9. The molecule has 8 atom stereocenters. The Bertz CT molecular complexity index is 2200. The van der Waals surface area contributed by atoms with Crippen LogP contribution in [0.3, 0.4) is 0 Å². The van der Waals surface area contributed by atoms with Crippen LogP contribution in [0.15, 0.2) is 131 Å². The molecule has 0 aromatic heterocycles. The smallest absolute Gasteiger partial charge is 0.238 e. The van der Waals surface area contributed by atoms with Crippen molar-refractivity contribution in [2.75, 3.05) is 9.80 Å². The van der Waals surface area contributed by atoms with Crippen molar-refractivity contribution in [2.24, 2.45) is 47.3 Å². The van der Waals surface area contributed by atoms with Crippen LogP contribution in [0.25, 0.3) is 0 Å². The molecule has 4 aliphatic carbocycles. The number of nitrogens with zero attached hydrogens (tertiary/aromatic N) is 2. The lowest BCUT2D eigenvalue weighted by Crippen LogP contribution is -2.32. The van der Waals surface area contributed by atoms with E-state index in [-0.39, 0.29) is 80.8 Å². The molecule has 2 saturated heterocycles. The fraction of sp³-hybridized carbons (Fsp3) is 0.238. The van der Waals surface area contributed by atoms with Crippen molar-refractivity contribution in [3.63, 3.8) is 0 Å². The molecule has 264 valence electrons. The summed E-state index contributed by atoms with van der Waals surface area (Å²) in [5.41, 5.74) is 0.905. The number of rotatable bonds is 8. The van der Waals surface area contributed by atoms with Crippen molar-refractivity contribution < 1.29 is 37.1 Å². The standard InChI is InChI=1S/C42H32N2O8S/c45-39-35-23-7-8-24(19-23)36(35)40(46)43(39)27-3-1-5-31(21-27)51-29-11-15-33(16-12-29)53(49,50)34-17-13-30(14-18-34)52-32-6-2-4-28(22-32)44-41(47)37-25-9-10-26(20-25)38(37)42(44)48/h1-18,21-26,35-38H,19-20H2/t23-,24-,25-,26-,35-,36+,37+,38+/m0/s1. The van der Waals surface area contributed by atoms with Crippen LogP contribution in [0.2, 0.25) is 0 Å². The van der Waals surface area contributed by atoms with E-state index in [4.69, 9.17) is 9.47 Å². The summed E-state index contributed by atoms with van der Waals surface area (Å²) in [5, 5.41) is 0. The predicted molar refractivity (Wildman–Crippen MR) is 192 cm³/mol. The molecule has 11 heteroatoms. The zero-order valence-electron chi connectivity index (χ0n) is 28.1. The number of carbonyl (C=O) groups excluding carboxylic acids is 4. The minimum absolute atomic E-state index is 0.0661. The van der Waals surface area contributed by atoms with Gasteiger partial charge in [-0.2, -0.15) is 0 Å². The maximum atomic E-state index is 13.5. The molecule has 2 aliphatic heterocycles. The number of carbonyl (C=O) groups is 4. The Morgan fingerprint density at radius 3 is 1.13 bits per heavy atom. The van der Waals surface area contributed by atoms with E-state index in [1.807, 2.05) is 0 Å². The van der Waals surface area contributed by atoms with Crippen LogP contribution in [0.5, 0.6) is 23.0 Å². The SMILES string of the molecule is O=C1[C@@H]2[C@H](C(=O)N1c1cccc(Oc3ccc(S(=O)(=O)c4ccc(Oc5cccc(N6C(=O)[C@H]7[C@H](C6=O)[C@H]6C=C[C@H]7C6)c5)cc4)cc3)c1)[C@H]1C=C[C@H]2C1. The molecule has 2 saturated carbocycles. The second kappa shape index (κ2) is 11.6. The van der Waals surface area contributed by atoms with Crippen LogP contribution in [-0.2, 0) is 29.0 Å². The molecule has 4 aromatic carbocycles. The normalized spacial score (nSPS) is 29.1. The van der Waals surface area contributed by atoms with Crippen molar-refractivity contribution >= 4 is 44.8 Å². The third-order valence-electron chi connectivity index (χ3n) is 11.8. The number of allylic oxidation sites excluding steroid dienone is 4. The zero-order chi connectivity index (χ0) is 36.2. The summed E-state index contributed by atoms with van der Waals surface area (Å²) in [6.45, 7) is 0. The molecule has 4 fully saturated rings. The number of hydrogen-bond donors (Lipinski definition) is 0. The van der Waals surface area contributed by atoms with E-state index in [0.29, 0.717) is 34.4 Å². The average molecular weight is 725 g/mol. The Kier molecular flexibility index (Phi) is 6.98. The summed E-state index contributed by atoms with van der Waals surface area (Å²) >= 11 is 0. The van der Waals surface area contributed by atoms with Gasteiger partial charge in [0.25, 0.3) is 0 Å². The molecular weight excluding hydrogens is 693 g/mol. The lowest BCUT2D eigenvalue weighted by atomic mass is 9.85. The number of sulfone groups is 1. The monoisotopic (exact) mass is 724 g/mol. The molecule has 6 aliphatic rings. The fourth-order valence-electron chi connectivity index (χ4n) is 9.47. The lowest BCUT2D eigenvalue weighted by molar-refractivity contribution is -0.124. The van der Waals surface area contributed by atoms with Crippen LogP contribution in [0, 0.1) is 47.3 Å². The number of imide groups is 2. The minimum Gasteiger partial charge on any atom is -0.457 e. The number of amides is 4. The van der Waals surface area contributed by atoms with E-state index in [9.17, 15) is 27.6 Å². The van der Waals surface area contributed by atoms with E-state index in [2.05, 4.69) is 24.3 Å². The van der Waals surface area contributed by atoms with Gasteiger partial charge in [-0.1, -0.05) is 36.4 Å². The first-order valence-electron chi connectivity index (χ1n) is 17.8. The van der Waals surface area contributed by atoms with Gasteiger partial charge in [-0.3, -0.25) is 19.2 Å². The van der Waals surface area contributed by atoms with Gasteiger partial charge in [0.2, 0.25) is 33.5 Å². The molecule has 0 spiro atoms. The molecule has 2 heterocycles. The lowest BCUT2D eigenvalue weighted by Gasteiger charge is -2.18. The Balaban J connectivity index is 0.806. The average Bonchev–Trinajstić information content (AvgIpc) is 4.02. The summed E-state index contributed by atoms with van der Waals surface area (Å²) in [7, 11) is -3.89. The van der Waals surface area contributed by atoms with E-state index < -0.39 is 9.84 Å². The second-order valence-corrected chi connectivity index (χ2v) is 16.6. The molecule has 0 N–H and O–H groups in total. The topological polar surface area (TPSA) is 127 Å². The molecule has 4 bridgehead atoms. The largest absolute Gasteiger partial charge is 0.457 e. The Morgan fingerprint density at radius 2 is 0.792 bits per heavy atom. The van der Waals surface area contributed by atoms with Gasteiger partial charge in [-0.25, -0.2) is 18.2 Å². The third-order valence-corrected chi connectivity index (χ3v) is 13.6. The second-order valence-electron chi connectivity index (χ2n) is 14.7. The van der Waals surface area contributed by atoms with Gasteiger partial charge in [0.05, 0.1) is 44.8 Å². The third kappa shape index (κ3) is 4.86. The van der Waals surface area contributed by atoms with E-state index in [1.165, 1.54) is 34.1 Å². The van der Waals surface area contributed by atoms with E-state index in [0.717, 1.165) is 12.8 Å². The molecule has 10 rings (SSSR count). The highest BCUT2D eigenvalue weighted by molar-refractivity contribution is 7.91. The van der Waals surface area contributed by atoms with Gasteiger partial charge in [0.15, 0.2) is 0 Å². The molecule has 0 radical (unpaired) electrons. The number of fused-ring (bicyclic) bond motifs is 10. The summed E-state index contributed by atoms with van der Waals surface area (Å²) < 4.78 is 39.1. The highest BCUT2D eigenvalue weighted by Crippen LogP contribution is 2.54. The summed E-state index contributed by atoms with van der Waals surface area (Å²) in [5.74, 6) is 0.166. The maximum absolute atomic E-state index is 13.5. The molecule has 4 aromatic rings. The fourth-order valence-corrected chi connectivity index (χ4v) is 10.7. The Hall–Kier alpha value is -5.81.